The Bertz CT molecular complexity index is 835. The molecule has 0 aliphatic heterocycles. The minimum absolute atomic E-state index is 0.0597. The Morgan fingerprint density at radius 2 is 1.80 bits per heavy atom. The van der Waals surface area contributed by atoms with E-state index in [1.165, 1.54) is 12.5 Å². The molecule has 2 rings (SSSR count). The maximum Gasteiger partial charge on any atom is 0.240 e. The van der Waals surface area contributed by atoms with E-state index in [9.17, 15) is 16.8 Å². The van der Waals surface area contributed by atoms with Crippen LogP contribution in [0.1, 0.15) is 6.42 Å². The lowest BCUT2D eigenvalue weighted by Gasteiger charge is -2.04. The summed E-state index contributed by atoms with van der Waals surface area (Å²) < 4.78 is 47.1. The van der Waals surface area contributed by atoms with Crippen LogP contribution in [0.25, 0.3) is 10.9 Å². The molecule has 1 heterocycles. The number of sulfonamides is 1. The van der Waals surface area contributed by atoms with Gasteiger partial charge in [-0.2, -0.15) is 0 Å². The van der Waals surface area contributed by atoms with Crippen molar-refractivity contribution in [2.75, 3.05) is 12.0 Å². The molecule has 110 valence electrons. The molecule has 0 radical (unpaired) electrons. The van der Waals surface area contributed by atoms with Crippen LogP contribution >= 0.6 is 0 Å². The van der Waals surface area contributed by atoms with Crippen LogP contribution in [0, 0.1) is 0 Å². The summed E-state index contributed by atoms with van der Waals surface area (Å²) in [5, 5.41) is 5.75. The minimum Gasteiger partial charge on any atom is -0.346 e. The van der Waals surface area contributed by atoms with E-state index in [4.69, 9.17) is 5.14 Å². The van der Waals surface area contributed by atoms with E-state index < -0.39 is 19.9 Å². The van der Waals surface area contributed by atoms with Gasteiger partial charge in [-0.15, -0.1) is 0 Å². The van der Waals surface area contributed by atoms with Crippen molar-refractivity contribution in [1.82, 2.24) is 4.57 Å². The number of sulfone groups is 1. The quantitative estimate of drug-likeness (QED) is 0.878. The predicted octanol–water partition coefficient (Wildman–Crippen LogP) is 0.723. The molecule has 0 aliphatic rings. The van der Waals surface area contributed by atoms with Gasteiger partial charge in [0.25, 0.3) is 0 Å². The van der Waals surface area contributed by atoms with Gasteiger partial charge in [0.15, 0.2) is 0 Å². The Morgan fingerprint density at radius 3 is 2.40 bits per heavy atom. The molecular formula is C12H16N2O4S2. The SMILES string of the molecule is CS(=O)(=O)CCCn1cc(S(N)(=O)=O)c2ccccc21. The largest absolute Gasteiger partial charge is 0.346 e. The molecule has 1 aromatic heterocycles. The third kappa shape index (κ3) is 3.38. The highest BCUT2D eigenvalue weighted by Crippen LogP contribution is 2.24. The Kier molecular flexibility index (Phi) is 3.90. The molecule has 20 heavy (non-hydrogen) atoms. The van der Waals surface area contributed by atoms with Gasteiger partial charge in [-0.05, 0) is 12.5 Å². The highest BCUT2D eigenvalue weighted by molar-refractivity contribution is 7.90. The van der Waals surface area contributed by atoms with Crippen molar-refractivity contribution in [2.45, 2.75) is 17.9 Å². The smallest absolute Gasteiger partial charge is 0.240 e. The molecule has 0 saturated heterocycles. The van der Waals surface area contributed by atoms with Crippen LogP contribution in [-0.4, -0.2) is 33.4 Å². The summed E-state index contributed by atoms with van der Waals surface area (Å²) in [6.07, 6.45) is 3.06. The van der Waals surface area contributed by atoms with E-state index in [2.05, 4.69) is 0 Å². The molecular weight excluding hydrogens is 300 g/mol. The van der Waals surface area contributed by atoms with Crippen molar-refractivity contribution in [3.8, 4) is 0 Å². The van der Waals surface area contributed by atoms with Crippen molar-refractivity contribution in [3.63, 3.8) is 0 Å². The third-order valence-electron chi connectivity index (χ3n) is 2.97. The van der Waals surface area contributed by atoms with Crippen molar-refractivity contribution < 1.29 is 16.8 Å². The van der Waals surface area contributed by atoms with Gasteiger partial charge in [0.2, 0.25) is 10.0 Å². The van der Waals surface area contributed by atoms with E-state index in [-0.39, 0.29) is 10.6 Å². The van der Waals surface area contributed by atoms with Gasteiger partial charge in [0.05, 0.1) is 5.75 Å². The molecule has 0 amide bonds. The third-order valence-corrected chi connectivity index (χ3v) is 4.94. The Balaban J connectivity index is 2.40. The molecule has 0 unspecified atom stereocenters. The lowest BCUT2D eigenvalue weighted by molar-refractivity contribution is 0.590. The van der Waals surface area contributed by atoms with Crippen molar-refractivity contribution in [2.24, 2.45) is 5.14 Å². The molecule has 0 bridgehead atoms. The number of para-hydroxylation sites is 1. The van der Waals surface area contributed by atoms with Gasteiger partial charge in [-0.25, -0.2) is 22.0 Å². The number of aryl methyl sites for hydroxylation is 1. The first-order chi connectivity index (χ1) is 9.18. The van der Waals surface area contributed by atoms with Crippen LogP contribution in [0.2, 0.25) is 0 Å². The number of primary sulfonamides is 1. The second kappa shape index (κ2) is 5.19. The molecule has 8 heteroatoms. The lowest BCUT2D eigenvalue weighted by Crippen LogP contribution is -2.11. The molecule has 2 N–H and O–H groups in total. The molecule has 6 nitrogen and oxygen atoms in total. The standard InChI is InChI=1S/C12H16N2O4S2/c1-19(15,16)8-4-7-14-9-12(20(13,17)18)10-5-2-3-6-11(10)14/h2-3,5-6,9H,4,7-8H2,1H3,(H2,13,17,18). The van der Waals surface area contributed by atoms with Gasteiger partial charge in [-0.3, -0.25) is 0 Å². The van der Waals surface area contributed by atoms with Gasteiger partial charge in [0.1, 0.15) is 14.7 Å². The van der Waals surface area contributed by atoms with E-state index in [1.807, 2.05) is 0 Å². The first-order valence-electron chi connectivity index (χ1n) is 5.97. The average molecular weight is 316 g/mol. The normalized spacial score (nSPS) is 12.9. The molecule has 0 saturated carbocycles. The number of nitrogens with two attached hydrogens (primary N) is 1. The average Bonchev–Trinajstić information content (AvgIpc) is 2.67. The molecule has 2 aromatic rings. The zero-order chi connectivity index (χ0) is 15.0. The van der Waals surface area contributed by atoms with Gasteiger partial charge >= 0.3 is 0 Å². The van der Waals surface area contributed by atoms with E-state index in [0.29, 0.717) is 18.4 Å². The summed E-state index contributed by atoms with van der Waals surface area (Å²) in [5.41, 5.74) is 0.727. The molecule has 0 spiro atoms. The van der Waals surface area contributed by atoms with E-state index in [0.717, 1.165) is 5.52 Å². The number of hydrogen-bond acceptors (Lipinski definition) is 4. The summed E-state index contributed by atoms with van der Waals surface area (Å²) in [5.74, 6) is 0.0597. The number of benzene rings is 1. The fourth-order valence-corrected chi connectivity index (χ4v) is 3.53. The van der Waals surface area contributed by atoms with Crippen LogP contribution in [-0.2, 0) is 26.4 Å². The first kappa shape index (κ1) is 15.0. The van der Waals surface area contributed by atoms with Crippen LogP contribution in [0.3, 0.4) is 0 Å². The predicted molar refractivity (Wildman–Crippen MR) is 77.6 cm³/mol. The zero-order valence-electron chi connectivity index (χ0n) is 11.0. The summed E-state index contributed by atoms with van der Waals surface area (Å²) in [7, 11) is -6.83. The highest BCUT2D eigenvalue weighted by atomic mass is 32.2. The topological polar surface area (TPSA) is 99.2 Å². The number of hydrogen-bond donors (Lipinski definition) is 1. The van der Waals surface area contributed by atoms with Crippen LogP contribution in [0.5, 0.6) is 0 Å². The summed E-state index contributed by atoms with van der Waals surface area (Å²) in [6, 6.07) is 6.99. The van der Waals surface area contributed by atoms with Gasteiger partial charge < -0.3 is 4.57 Å². The fraction of sp³-hybridized carbons (Fsp3) is 0.333. The number of rotatable bonds is 5. The summed E-state index contributed by atoms with van der Waals surface area (Å²) in [4.78, 5) is 0.0625. The number of aromatic nitrogens is 1. The molecule has 1 aromatic carbocycles. The lowest BCUT2D eigenvalue weighted by atomic mass is 10.2. The minimum atomic E-state index is -3.80. The molecule has 0 atom stereocenters. The monoisotopic (exact) mass is 316 g/mol. The second-order valence-corrected chi connectivity index (χ2v) is 8.52. The van der Waals surface area contributed by atoms with Crippen LogP contribution in [0.15, 0.2) is 35.4 Å². The van der Waals surface area contributed by atoms with Crippen molar-refractivity contribution in [1.29, 1.82) is 0 Å². The zero-order valence-corrected chi connectivity index (χ0v) is 12.6. The van der Waals surface area contributed by atoms with Gasteiger partial charge in [0, 0.05) is 29.9 Å². The Labute approximate surface area is 118 Å². The first-order valence-corrected chi connectivity index (χ1v) is 9.57. The fourth-order valence-electron chi connectivity index (χ4n) is 2.12. The van der Waals surface area contributed by atoms with Crippen molar-refractivity contribution >= 4 is 30.8 Å². The highest BCUT2D eigenvalue weighted by Gasteiger charge is 2.16. The summed E-state index contributed by atoms with van der Waals surface area (Å²) >= 11 is 0. The van der Waals surface area contributed by atoms with Crippen molar-refractivity contribution in [3.05, 3.63) is 30.5 Å². The van der Waals surface area contributed by atoms with E-state index >= 15 is 0 Å². The Morgan fingerprint density at radius 1 is 1.15 bits per heavy atom. The maximum absolute atomic E-state index is 11.6. The van der Waals surface area contributed by atoms with E-state index in [1.54, 1.807) is 28.8 Å². The number of nitrogens with zero attached hydrogens (tertiary/aromatic N) is 1. The molecule has 0 fully saturated rings. The van der Waals surface area contributed by atoms with Gasteiger partial charge in [-0.1, -0.05) is 18.2 Å². The van der Waals surface area contributed by atoms with Crippen LogP contribution in [0.4, 0.5) is 0 Å². The van der Waals surface area contributed by atoms with Crippen LogP contribution < -0.4 is 5.14 Å². The Hall–Kier alpha value is -1.38. The maximum atomic E-state index is 11.6. The summed E-state index contributed by atoms with van der Waals surface area (Å²) in [6.45, 7) is 0.420. The molecule has 0 aliphatic carbocycles. The second-order valence-electron chi connectivity index (χ2n) is 4.73. The number of fused-ring (bicyclic) bond motifs is 1.